The van der Waals surface area contributed by atoms with E-state index in [4.69, 9.17) is 21.1 Å². The summed E-state index contributed by atoms with van der Waals surface area (Å²) in [7, 11) is 0. The second-order valence-corrected chi connectivity index (χ2v) is 11.6. The van der Waals surface area contributed by atoms with Gasteiger partial charge in [-0.25, -0.2) is 4.79 Å². The lowest BCUT2D eigenvalue weighted by Crippen LogP contribution is -2.46. The maximum absolute atomic E-state index is 12.4. The molecule has 1 N–H and O–H groups in total. The zero-order chi connectivity index (χ0) is 16.3. The molecule has 0 bridgehead atoms. The third-order valence-corrected chi connectivity index (χ3v) is 4.62. The second-order valence-electron chi connectivity index (χ2n) is 6.47. The molecule has 1 aliphatic rings. The van der Waals surface area contributed by atoms with Crippen molar-refractivity contribution >= 4 is 35.8 Å². The maximum atomic E-state index is 12.4. The van der Waals surface area contributed by atoms with E-state index in [0.29, 0.717) is 12.5 Å². The lowest BCUT2D eigenvalue weighted by molar-refractivity contribution is 0.00984. The molecule has 0 heterocycles. The molecule has 8 heteroatoms. The summed E-state index contributed by atoms with van der Waals surface area (Å²) in [4.78, 5) is 23.5. The fourth-order valence-corrected chi connectivity index (χ4v) is 3.35. The van der Waals surface area contributed by atoms with Crippen LogP contribution in [-0.2, 0) is 21.1 Å². The first-order valence-corrected chi connectivity index (χ1v) is 11.0. The Labute approximate surface area is 137 Å². The van der Waals surface area contributed by atoms with Crippen LogP contribution in [0.4, 0.5) is 4.79 Å². The van der Waals surface area contributed by atoms with Crippen LogP contribution < -0.4 is 0 Å². The molecule has 0 aromatic rings. The molecule has 1 unspecified atom stereocenters. The van der Waals surface area contributed by atoms with E-state index in [1.54, 1.807) is 4.90 Å². The highest BCUT2D eigenvalue weighted by molar-refractivity contribution is 8.59. The summed E-state index contributed by atoms with van der Waals surface area (Å²) in [5, 5.41) is 0. The number of ether oxygens (including phenoxy) is 1. The molecule has 1 fully saturated rings. The smallest absolute Gasteiger partial charge is 0.410 e. The van der Waals surface area contributed by atoms with E-state index in [9.17, 15) is 9.69 Å². The summed E-state index contributed by atoms with van der Waals surface area (Å²) < 4.78 is 10.6. The van der Waals surface area contributed by atoms with Crippen molar-refractivity contribution in [3.8, 4) is 0 Å². The molecule has 0 aromatic heterocycles. The molecule has 1 rings (SSSR count). The normalized spacial score (nSPS) is 25.4. The molecular weight excluding hydrogens is 329 g/mol. The first-order chi connectivity index (χ1) is 9.49. The SMILES string of the molecule is C[C@H]1CCC[C@H]1N(CCOP(O)(=S)S)C(=O)OC(C)(C)C. The minimum Gasteiger partial charge on any atom is -0.444 e. The molecule has 0 radical (unpaired) electrons. The molecule has 1 saturated carbocycles. The standard InChI is InChI=1S/C13H26NO4PS2/c1-10-6-5-7-11(10)14(8-9-17-19(16,20)21)12(15)18-13(2,3)4/h10-11H,5-9H2,1-4H3,(H2,16,20,21)/t10-,11+/m0/s1. The zero-order valence-corrected chi connectivity index (χ0v) is 15.7. The number of nitrogens with zero attached hydrogens (tertiary/aromatic N) is 1. The van der Waals surface area contributed by atoms with E-state index in [0.717, 1.165) is 19.3 Å². The van der Waals surface area contributed by atoms with Crippen molar-refractivity contribution in [1.82, 2.24) is 4.90 Å². The fraction of sp³-hybridized carbons (Fsp3) is 0.923. The van der Waals surface area contributed by atoms with Gasteiger partial charge in [-0.2, -0.15) is 0 Å². The van der Waals surface area contributed by atoms with Gasteiger partial charge >= 0.3 is 6.09 Å². The van der Waals surface area contributed by atoms with E-state index in [1.807, 2.05) is 20.8 Å². The Morgan fingerprint density at radius 3 is 2.52 bits per heavy atom. The average Bonchev–Trinajstić information content (AvgIpc) is 2.66. The van der Waals surface area contributed by atoms with Crippen LogP contribution in [0.1, 0.15) is 47.0 Å². The van der Waals surface area contributed by atoms with Gasteiger partial charge in [-0.3, -0.25) is 0 Å². The molecule has 0 spiro atoms. The lowest BCUT2D eigenvalue weighted by Gasteiger charge is -2.33. The van der Waals surface area contributed by atoms with Crippen LogP contribution in [0.5, 0.6) is 0 Å². The van der Waals surface area contributed by atoms with Crippen LogP contribution in [-0.4, -0.2) is 40.7 Å². The third-order valence-electron chi connectivity index (χ3n) is 3.44. The first-order valence-electron chi connectivity index (χ1n) is 7.19. The Kier molecular flexibility index (Phi) is 7.00. The van der Waals surface area contributed by atoms with E-state index >= 15 is 0 Å². The maximum Gasteiger partial charge on any atom is 0.410 e. The Bertz CT molecular complexity index is 407. The number of carbonyl (C=O) groups is 1. The molecular formula is C13H26NO4PS2. The van der Waals surface area contributed by atoms with Crippen molar-refractivity contribution in [1.29, 1.82) is 0 Å². The van der Waals surface area contributed by atoms with Crippen molar-refractivity contribution in [2.24, 2.45) is 5.92 Å². The molecule has 0 aromatic carbocycles. The largest absolute Gasteiger partial charge is 0.444 e. The summed E-state index contributed by atoms with van der Waals surface area (Å²) in [5.41, 5.74) is -3.53. The molecule has 5 nitrogen and oxygen atoms in total. The molecule has 21 heavy (non-hydrogen) atoms. The van der Waals surface area contributed by atoms with Crippen LogP contribution in [0.25, 0.3) is 0 Å². The molecule has 3 atom stereocenters. The minimum atomic E-state index is -2.99. The lowest BCUT2D eigenvalue weighted by atomic mass is 10.1. The first kappa shape index (κ1) is 19.2. The highest BCUT2D eigenvalue weighted by atomic mass is 32.9. The van der Waals surface area contributed by atoms with E-state index in [2.05, 4.69) is 19.2 Å². The highest BCUT2D eigenvalue weighted by Gasteiger charge is 2.34. The quantitative estimate of drug-likeness (QED) is 0.583. The van der Waals surface area contributed by atoms with Crippen molar-refractivity contribution in [3.63, 3.8) is 0 Å². The van der Waals surface area contributed by atoms with Gasteiger partial charge in [0, 0.05) is 12.6 Å². The van der Waals surface area contributed by atoms with Gasteiger partial charge in [-0.1, -0.05) is 25.6 Å². The van der Waals surface area contributed by atoms with E-state index in [1.165, 1.54) is 0 Å². The predicted molar refractivity (Wildman–Crippen MR) is 91.2 cm³/mol. The van der Waals surface area contributed by atoms with Crippen LogP contribution in [0, 0.1) is 5.92 Å². The fourth-order valence-electron chi connectivity index (χ4n) is 2.56. The molecule has 0 saturated heterocycles. The minimum absolute atomic E-state index is 0.153. The number of carbonyl (C=O) groups excluding carboxylic acids is 1. The molecule has 124 valence electrons. The zero-order valence-electron chi connectivity index (χ0n) is 13.1. The van der Waals surface area contributed by atoms with Gasteiger partial charge in [0.05, 0.1) is 6.61 Å². The highest BCUT2D eigenvalue weighted by Crippen LogP contribution is 2.47. The van der Waals surface area contributed by atoms with Crippen molar-refractivity contribution in [2.75, 3.05) is 13.2 Å². The van der Waals surface area contributed by atoms with Gasteiger partial charge in [0.15, 0.2) is 0 Å². The predicted octanol–water partition coefficient (Wildman–Crippen LogP) is 3.58. The summed E-state index contributed by atoms with van der Waals surface area (Å²) in [6.45, 7) is 8.20. The number of thiol groups is 1. The van der Waals surface area contributed by atoms with Gasteiger partial charge in [-0.15, -0.1) is 0 Å². The second kappa shape index (κ2) is 7.64. The van der Waals surface area contributed by atoms with Crippen molar-refractivity contribution in [2.45, 2.75) is 58.6 Å². The molecule has 0 aliphatic heterocycles. The summed E-state index contributed by atoms with van der Waals surface area (Å²) >= 11 is 8.55. The van der Waals surface area contributed by atoms with Crippen molar-refractivity contribution in [3.05, 3.63) is 0 Å². The van der Waals surface area contributed by atoms with E-state index < -0.39 is 11.3 Å². The topological polar surface area (TPSA) is 59.0 Å². The number of amides is 1. The number of hydrogen-bond acceptors (Lipinski definition) is 4. The monoisotopic (exact) mass is 355 g/mol. The molecule has 1 aliphatic carbocycles. The summed E-state index contributed by atoms with van der Waals surface area (Å²) in [6, 6.07) is 0.153. The van der Waals surface area contributed by atoms with Crippen molar-refractivity contribution < 1.29 is 18.9 Å². The third kappa shape index (κ3) is 7.33. The van der Waals surface area contributed by atoms with Crippen LogP contribution in [0.15, 0.2) is 0 Å². The number of hydrogen-bond donors (Lipinski definition) is 2. The Morgan fingerprint density at radius 1 is 1.48 bits per heavy atom. The average molecular weight is 355 g/mol. The summed E-state index contributed by atoms with van der Waals surface area (Å²) in [5.74, 6) is 0.436. The van der Waals surface area contributed by atoms with Gasteiger partial charge in [0.2, 0.25) is 5.69 Å². The van der Waals surface area contributed by atoms with Gasteiger partial charge in [0.25, 0.3) is 0 Å². The molecule has 1 amide bonds. The Morgan fingerprint density at radius 2 is 2.10 bits per heavy atom. The van der Waals surface area contributed by atoms with Gasteiger partial charge in [-0.05, 0) is 51.3 Å². The van der Waals surface area contributed by atoms with Gasteiger partial charge in [0.1, 0.15) is 5.60 Å². The van der Waals surface area contributed by atoms with Crippen LogP contribution in [0.3, 0.4) is 0 Å². The van der Waals surface area contributed by atoms with Crippen LogP contribution >= 0.6 is 17.9 Å². The Hall–Kier alpha value is 0.190. The number of rotatable bonds is 5. The summed E-state index contributed by atoms with van der Waals surface area (Å²) in [6.07, 6.45) is 2.84. The Balaban J connectivity index is 2.70. The van der Waals surface area contributed by atoms with E-state index in [-0.39, 0.29) is 18.7 Å². The van der Waals surface area contributed by atoms with Gasteiger partial charge < -0.3 is 19.1 Å². The van der Waals surface area contributed by atoms with Crippen LogP contribution in [0.2, 0.25) is 0 Å².